The molecule has 0 saturated heterocycles. The van der Waals surface area contributed by atoms with Gasteiger partial charge in [-0.2, -0.15) is 0 Å². The van der Waals surface area contributed by atoms with E-state index in [9.17, 15) is 8.42 Å². The molecular formula is C15H19N3O2S. The molecule has 0 spiro atoms. The first-order chi connectivity index (χ1) is 10.1. The van der Waals surface area contributed by atoms with Gasteiger partial charge in [-0.3, -0.25) is 4.72 Å². The predicted octanol–water partition coefficient (Wildman–Crippen LogP) is 2.73. The molecule has 0 fully saturated rings. The third kappa shape index (κ3) is 3.72. The molecule has 0 unspecified atom stereocenters. The van der Waals surface area contributed by atoms with Gasteiger partial charge in [0.05, 0.1) is 16.8 Å². The van der Waals surface area contributed by atoms with Crippen molar-refractivity contribution in [3.8, 4) is 0 Å². The molecule has 0 saturated carbocycles. The average Bonchev–Trinajstić information content (AvgIpc) is 2.51. The highest BCUT2D eigenvalue weighted by molar-refractivity contribution is 7.92. The predicted molar refractivity (Wildman–Crippen MR) is 85.0 cm³/mol. The van der Waals surface area contributed by atoms with E-state index >= 15 is 0 Å². The van der Waals surface area contributed by atoms with E-state index in [0.29, 0.717) is 5.69 Å². The van der Waals surface area contributed by atoms with Crippen molar-refractivity contribution >= 4 is 21.5 Å². The van der Waals surface area contributed by atoms with E-state index in [1.165, 1.54) is 6.20 Å². The highest BCUT2D eigenvalue weighted by atomic mass is 32.2. The van der Waals surface area contributed by atoms with Crippen LogP contribution in [0.2, 0.25) is 0 Å². The van der Waals surface area contributed by atoms with Gasteiger partial charge in [0.15, 0.2) is 0 Å². The van der Waals surface area contributed by atoms with Crippen molar-refractivity contribution in [1.82, 2.24) is 4.98 Å². The molecule has 112 valence electrons. The number of hydrogen-bond acceptors (Lipinski definition) is 4. The van der Waals surface area contributed by atoms with Crippen LogP contribution in [0, 0.1) is 0 Å². The fourth-order valence-corrected chi connectivity index (χ4v) is 3.06. The molecule has 0 atom stereocenters. The molecule has 1 heterocycles. The summed E-state index contributed by atoms with van der Waals surface area (Å²) in [6, 6.07) is 11.8. The lowest BCUT2D eigenvalue weighted by Gasteiger charge is -2.19. The maximum Gasteiger partial charge on any atom is 0.261 e. The lowest BCUT2D eigenvalue weighted by molar-refractivity contribution is 0.601. The zero-order valence-corrected chi connectivity index (χ0v) is 13.0. The standard InChI is InChI=1S/C15H19N3O2S/c1-3-18(4-2)15-11-10-13(12-16-15)17-21(19,20)14-8-6-5-7-9-14/h5-12,17H,3-4H2,1-2H3. The minimum Gasteiger partial charge on any atom is -0.357 e. The van der Waals surface area contributed by atoms with Crippen molar-refractivity contribution in [2.45, 2.75) is 18.7 Å². The molecule has 0 bridgehead atoms. The maximum absolute atomic E-state index is 12.2. The summed E-state index contributed by atoms with van der Waals surface area (Å²) in [5, 5.41) is 0. The number of nitrogens with one attached hydrogen (secondary N) is 1. The first-order valence-electron chi connectivity index (χ1n) is 6.85. The van der Waals surface area contributed by atoms with E-state index < -0.39 is 10.0 Å². The van der Waals surface area contributed by atoms with Crippen LogP contribution in [0.3, 0.4) is 0 Å². The number of hydrogen-bond donors (Lipinski definition) is 1. The van der Waals surface area contributed by atoms with Crippen LogP contribution in [-0.2, 0) is 10.0 Å². The van der Waals surface area contributed by atoms with E-state index in [1.807, 2.05) is 6.07 Å². The third-order valence-electron chi connectivity index (χ3n) is 3.14. The first-order valence-corrected chi connectivity index (χ1v) is 8.34. The molecular weight excluding hydrogens is 286 g/mol. The van der Waals surface area contributed by atoms with Gasteiger partial charge in [0, 0.05) is 13.1 Å². The largest absolute Gasteiger partial charge is 0.357 e. The van der Waals surface area contributed by atoms with Crippen molar-refractivity contribution in [3.63, 3.8) is 0 Å². The number of sulfonamides is 1. The lowest BCUT2D eigenvalue weighted by atomic mass is 10.4. The maximum atomic E-state index is 12.2. The summed E-state index contributed by atoms with van der Waals surface area (Å²) in [5.74, 6) is 0.836. The highest BCUT2D eigenvalue weighted by Crippen LogP contribution is 2.17. The summed E-state index contributed by atoms with van der Waals surface area (Å²) < 4.78 is 26.9. The normalized spacial score (nSPS) is 11.1. The zero-order chi connectivity index (χ0) is 15.3. The Kier molecular flexibility index (Phi) is 4.80. The van der Waals surface area contributed by atoms with E-state index in [0.717, 1.165) is 18.9 Å². The Labute approximate surface area is 125 Å². The second-order valence-electron chi connectivity index (χ2n) is 4.50. The smallest absolute Gasteiger partial charge is 0.261 e. The zero-order valence-electron chi connectivity index (χ0n) is 12.2. The van der Waals surface area contributed by atoms with Crippen molar-refractivity contribution < 1.29 is 8.42 Å². The molecule has 1 aromatic carbocycles. The summed E-state index contributed by atoms with van der Waals surface area (Å²) in [6.45, 7) is 5.82. The Balaban J connectivity index is 2.17. The van der Waals surface area contributed by atoms with Crippen molar-refractivity contribution in [2.24, 2.45) is 0 Å². The van der Waals surface area contributed by atoms with E-state index in [-0.39, 0.29) is 4.90 Å². The van der Waals surface area contributed by atoms with Crippen LogP contribution in [0.25, 0.3) is 0 Å². The van der Waals surface area contributed by atoms with Gasteiger partial charge in [-0.1, -0.05) is 18.2 Å². The molecule has 0 aliphatic rings. The van der Waals surface area contributed by atoms with Gasteiger partial charge in [0.1, 0.15) is 5.82 Å². The van der Waals surface area contributed by atoms with Crippen LogP contribution in [0.15, 0.2) is 53.6 Å². The van der Waals surface area contributed by atoms with E-state index in [2.05, 4.69) is 28.5 Å². The van der Waals surface area contributed by atoms with Crippen molar-refractivity contribution in [3.05, 3.63) is 48.7 Å². The average molecular weight is 305 g/mol. The quantitative estimate of drug-likeness (QED) is 0.891. The monoisotopic (exact) mass is 305 g/mol. The summed E-state index contributed by atoms with van der Waals surface area (Å²) in [7, 11) is -3.56. The van der Waals surface area contributed by atoms with Crippen LogP contribution in [-0.4, -0.2) is 26.5 Å². The number of aromatic nitrogens is 1. The Hall–Kier alpha value is -2.08. The van der Waals surface area contributed by atoms with E-state index in [4.69, 9.17) is 0 Å². The molecule has 6 heteroatoms. The fraction of sp³-hybridized carbons (Fsp3) is 0.267. The number of benzene rings is 1. The van der Waals surface area contributed by atoms with Gasteiger partial charge in [-0.25, -0.2) is 13.4 Å². The van der Waals surface area contributed by atoms with Crippen LogP contribution >= 0.6 is 0 Å². The van der Waals surface area contributed by atoms with Crippen LogP contribution in [0.4, 0.5) is 11.5 Å². The molecule has 5 nitrogen and oxygen atoms in total. The fourth-order valence-electron chi connectivity index (χ4n) is 1.99. The molecule has 0 amide bonds. The van der Waals surface area contributed by atoms with Gasteiger partial charge in [-0.15, -0.1) is 0 Å². The van der Waals surface area contributed by atoms with Crippen LogP contribution in [0.5, 0.6) is 0 Å². The highest BCUT2D eigenvalue weighted by Gasteiger charge is 2.13. The second-order valence-corrected chi connectivity index (χ2v) is 6.18. The Morgan fingerprint density at radius 2 is 1.71 bits per heavy atom. The first kappa shape index (κ1) is 15.3. The Morgan fingerprint density at radius 3 is 2.24 bits per heavy atom. The molecule has 0 radical (unpaired) electrons. The summed E-state index contributed by atoms with van der Waals surface area (Å²) >= 11 is 0. The second kappa shape index (κ2) is 6.58. The van der Waals surface area contributed by atoms with Gasteiger partial charge >= 0.3 is 0 Å². The van der Waals surface area contributed by atoms with Crippen molar-refractivity contribution in [2.75, 3.05) is 22.7 Å². The van der Waals surface area contributed by atoms with E-state index in [1.54, 1.807) is 36.4 Å². The SMILES string of the molecule is CCN(CC)c1ccc(NS(=O)(=O)c2ccccc2)cn1. The summed E-state index contributed by atoms with van der Waals surface area (Å²) in [5.41, 5.74) is 0.453. The van der Waals surface area contributed by atoms with Gasteiger partial charge in [-0.05, 0) is 38.1 Å². The lowest BCUT2D eigenvalue weighted by Crippen LogP contribution is -2.22. The molecule has 2 aromatic rings. The number of pyridine rings is 1. The number of anilines is 2. The number of nitrogens with zero attached hydrogens (tertiary/aromatic N) is 2. The molecule has 0 aliphatic heterocycles. The van der Waals surface area contributed by atoms with Crippen LogP contribution < -0.4 is 9.62 Å². The third-order valence-corrected chi connectivity index (χ3v) is 4.54. The van der Waals surface area contributed by atoms with Gasteiger partial charge in [0.25, 0.3) is 10.0 Å². The van der Waals surface area contributed by atoms with Crippen molar-refractivity contribution in [1.29, 1.82) is 0 Å². The topological polar surface area (TPSA) is 62.3 Å². The van der Waals surface area contributed by atoms with Gasteiger partial charge in [0.2, 0.25) is 0 Å². The van der Waals surface area contributed by atoms with Crippen LogP contribution in [0.1, 0.15) is 13.8 Å². The molecule has 2 rings (SSSR count). The van der Waals surface area contributed by atoms with Gasteiger partial charge < -0.3 is 4.90 Å². The summed E-state index contributed by atoms with van der Waals surface area (Å²) in [6.07, 6.45) is 1.54. The minimum absolute atomic E-state index is 0.234. The molecule has 0 aliphatic carbocycles. The Bertz CT molecular complexity index is 666. The summed E-state index contributed by atoms with van der Waals surface area (Å²) in [4.78, 5) is 6.62. The minimum atomic E-state index is -3.56. The number of rotatable bonds is 6. The molecule has 1 N–H and O–H groups in total. The molecule has 1 aromatic heterocycles. The Morgan fingerprint density at radius 1 is 1.05 bits per heavy atom. The molecule has 21 heavy (non-hydrogen) atoms.